The van der Waals surface area contributed by atoms with E-state index in [2.05, 4.69) is 17.1 Å². The maximum Gasteiger partial charge on any atom is 0.126 e. The minimum atomic E-state index is -0.245. The maximum atomic E-state index is 13.2. The molecule has 1 aliphatic heterocycles. The van der Waals surface area contributed by atoms with E-state index in [4.69, 9.17) is 4.74 Å². The molecule has 0 spiro atoms. The molecular weight excluding hydrogens is 302 g/mol. The quantitative estimate of drug-likeness (QED) is 0.921. The molecule has 1 heterocycles. The Balaban J connectivity index is 0.00000180. The van der Waals surface area contributed by atoms with Crippen molar-refractivity contribution in [1.29, 1.82) is 0 Å². The summed E-state index contributed by atoms with van der Waals surface area (Å²) in [7, 11) is 1.60. The van der Waals surface area contributed by atoms with Crippen molar-refractivity contribution in [3.8, 4) is 5.75 Å². The van der Waals surface area contributed by atoms with Gasteiger partial charge in [-0.3, -0.25) is 4.90 Å². The SMILES string of the molecule is CC[C@H](c1ccc(F)cc1OC)N1CCNCC1.Cl.Cl. The molecule has 20 heavy (non-hydrogen) atoms. The molecular formula is C14H23Cl2FN2O. The molecule has 0 radical (unpaired) electrons. The van der Waals surface area contributed by atoms with Crippen LogP contribution in [-0.4, -0.2) is 38.2 Å². The molecule has 1 atom stereocenters. The average molecular weight is 325 g/mol. The van der Waals surface area contributed by atoms with Gasteiger partial charge in [-0.05, 0) is 12.5 Å². The smallest absolute Gasteiger partial charge is 0.126 e. The van der Waals surface area contributed by atoms with E-state index in [1.807, 2.05) is 6.07 Å². The van der Waals surface area contributed by atoms with Crippen LogP contribution in [0, 0.1) is 5.82 Å². The summed E-state index contributed by atoms with van der Waals surface area (Å²) in [5.41, 5.74) is 1.09. The van der Waals surface area contributed by atoms with Gasteiger partial charge in [-0.25, -0.2) is 4.39 Å². The molecule has 0 aromatic heterocycles. The minimum absolute atomic E-state index is 0. The summed E-state index contributed by atoms with van der Waals surface area (Å²) in [5, 5.41) is 3.35. The van der Waals surface area contributed by atoms with Crippen LogP contribution < -0.4 is 10.1 Å². The molecule has 3 nitrogen and oxygen atoms in total. The van der Waals surface area contributed by atoms with Gasteiger partial charge in [-0.2, -0.15) is 0 Å². The molecule has 1 fully saturated rings. The Morgan fingerprint density at radius 1 is 1.30 bits per heavy atom. The van der Waals surface area contributed by atoms with Gasteiger partial charge in [-0.1, -0.05) is 13.0 Å². The highest BCUT2D eigenvalue weighted by Crippen LogP contribution is 2.32. The summed E-state index contributed by atoms with van der Waals surface area (Å²) >= 11 is 0. The number of methoxy groups -OCH3 is 1. The monoisotopic (exact) mass is 324 g/mol. The first-order valence-electron chi connectivity index (χ1n) is 6.54. The summed E-state index contributed by atoms with van der Waals surface area (Å²) in [5.74, 6) is 0.408. The molecule has 1 saturated heterocycles. The Kier molecular flexibility index (Phi) is 9.14. The standard InChI is InChI=1S/C14H21FN2O.2ClH/c1-3-13(17-8-6-16-7-9-17)12-5-4-11(15)10-14(12)18-2;;/h4-5,10,13,16H,3,6-9H2,1-2H3;2*1H/t13-;;/m1../s1. The van der Waals surface area contributed by atoms with Crippen LogP contribution in [0.5, 0.6) is 5.75 Å². The third-order valence-corrected chi connectivity index (χ3v) is 3.53. The highest BCUT2D eigenvalue weighted by Gasteiger charge is 2.23. The molecule has 0 aliphatic carbocycles. The summed E-state index contributed by atoms with van der Waals surface area (Å²) in [6.07, 6.45) is 1.00. The minimum Gasteiger partial charge on any atom is -0.496 e. The third kappa shape index (κ3) is 4.48. The van der Waals surface area contributed by atoms with Crippen molar-refractivity contribution >= 4 is 24.8 Å². The van der Waals surface area contributed by atoms with Gasteiger partial charge in [0.05, 0.1) is 7.11 Å². The number of rotatable bonds is 4. The molecule has 6 heteroatoms. The lowest BCUT2D eigenvalue weighted by molar-refractivity contribution is 0.166. The largest absolute Gasteiger partial charge is 0.496 e. The molecule has 0 unspecified atom stereocenters. The van der Waals surface area contributed by atoms with Crippen LogP contribution in [0.25, 0.3) is 0 Å². The lowest BCUT2D eigenvalue weighted by Crippen LogP contribution is -2.45. The number of piperazine rings is 1. The Hall–Kier alpha value is -0.550. The van der Waals surface area contributed by atoms with Gasteiger partial charge < -0.3 is 10.1 Å². The number of nitrogens with one attached hydrogen (secondary N) is 1. The van der Waals surface area contributed by atoms with E-state index in [-0.39, 0.29) is 30.6 Å². The number of hydrogen-bond acceptors (Lipinski definition) is 3. The summed E-state index contributed by atoms with van der Waals surface area (Å²) in [6, 6.07) is 5.15. The molecule has 1 aliphatic rings. The Morgan fingerprint density at radius 2 is 1.95 bits per heavy atom. The second-order valence-electron chi connectivity index (χ2n) is 4.60. The molecule has 1 aromatic carbocycles. The van der Waals surface area contributed by atoms with Gasteiger partial charge >= 0.3 is 0 Å². The molecule has 116 valence electrons. The van der Waals surface area contributed by atoms with E-state index in [0.717, 1.165) is 38.2 Å². The first kappa shape index (κ1) is 19.4. The highest BCUT2D eigenvalue weighted by atomic mass is 35.5. The highest BCUT2D eigenvalue weighted by molar-refractivity contribution is 5.85. The Labute approximate surface area is 132 Å². The van der Waals surface area contributed by atoms with Crippen LogP contribution in [0.2, 0.25) is 0 Å². The fourth-order valence-corrected chi connectivity index (χ4v) is 2.63. The van der Waals surface area contributed by atoms with E-state index in [1.165, 1.54) is 12.1 Å². The van der Waals surface area contributed by atoms with Gasteiger partial charge in [-0.15, -0.1) is 24.8 Å². The lowest BCUT2D eigenvalue weighted by atomic mass is 10.0. The summed E-state index contributed by atoms with van der Waals surface area (Å²) in [6.45, 7) is 6.24. The lowest BCUT2D eigenvalue weighted by Gasteiger charge is -2.35. The molecule has 1 aromatic rings. The molecule has 0 amide bonds. The topological polar surface area (TPSA) is 24.5 Å². The first-order valence-corrected chi connectivity index (χ1v) is 6.54. The maximum absolute atomic E-state index is 13.2. The number of hydrogen-bond donors (Lipinski definition) is 1. The predicted molar refractivity (Wildman–Crippen MR) is 84.9 cm³/mol. The number of ether oxygens (including phenoxy) is 1. The van der Waals surface area contributed by atoms with Gasteiger partial charge in [0.25, 0.3) is 0 Å². The van der Waals surface area contributed by atoms with E-state index < -0.39 is 0 Å². The van der Waals surface area contributed by atoms with Gasteiger partial charge in [0.1, 0.15) is 11.6 Å². The Bertz CT molecular complexity index is 401. The van der Waals surface area contributed by atoms with Crippen molar-refractivity contribution in [1.82, 2.24) is 10.2 Å². The van der Waals surface area contributed by atoms with Crippen molar-refractivity contribution < 1.29 is 9.13 Å². The van der Waals surface area contributed by atoms with Crippen LogP contribution in [-0.2, 0) is 0 Å². The van der Waals surface area contributed by atoms with Gasteiger partial charge in [0.2, 0.25) is 0 Å². The molecule has 1 N–H and O–H groups in total. The van der Waals surface area contributed by atoms with Gasteiger partial charge in [0, 0.05) is 43.9 Å². The fraction of sp³-hybridized carbons (Fsp3) is 0.571. The zero-order valence-corrected chi connectivity index (χ0v) is 13.5. The average Bonchev–Trinajstić information content (AvgIpc) is 2.42. The van der Waals surface area contributed by atoms with Crippen LogP contribution in [0.3, 0.4) is 0 Å². The van der Waals surface area contributed by atoms with E-state index >= 15 is 0 Å². The normalized spacial score (nSPS) is 16.8. The van der Waals surface area contributed by atoms with Crippen LogP contribution in [0.1, 0.15) is 24.9 Å². The molecule has 0 bridgehead atoms. The number of nitrogens with zero attached hydrogens (tertiary/aromatic N) is 1. The molecule has 0 saturated carbocycles. The zero-order chi connectivity index (χ0) is 13.0. The second-order valence-corrected chi connectivity index (χ2v) is 4.60. The first-order chi connectivity index (χ1) is 8.76. The summed E-state index contributed by atoms with van der Waals surface area (Å²) < 4.78 is 18.6. The van der Waals surface area contributed by atoms with Crippen molar-refractivity contribution in [2.45, 2.75) is 19.4 Å². The van der Waals surface area contributed by atoms with Crippen molar-refractivity contribution in [3.63, 3.8) is 0 Å². The second kappa shape index (κ2) is 9.40. The van der Waals surface area contributed by atoms with Crippen LogP contribution >= 0.6 is 24.8 Å². The van der Waals surface area contributed by atoms with Crippen molar-refractivity contribution in [2.24, 2.45) is 0 Å². The molecule has 2 rings (SSSR count). The predicted octanol–water partition coefficient (Wildman–Crippen LogP) is 3.03. The van der Waals surface area contributed by atoms with Crippen molar-refractivity contribution in [3.05, 3.63) is 29.6 Å². The number of halogens is 3. The van der Waals surface area contributed by atoms with E-state index in [1.54, 1.807) is 7.11 Å². The Morgan fingerprint density at radius 3 is 2.50 bits per heavy atom. The third-order valence-electron chi connectivity index (χ3n) is 3.53. The van der Waals surface area contributed by atoms with Crippen LogP contribution in [0.15, 0.2) is 18.2 Å². The van der Waals surface area contributed by atoms with E-state index in [0.29, 0.717) is 11.8 Å². The van der Waals surface area contributed by atoms with Crippen molar-refractivity contribution in [2.75, 3.05) is 33.3 Å². The van der Waals surface area contributed by atoms with Crippen LogP contribution in [0.4, 0.5) is 4.39 Å². The zero-order valence-electron chi connectivity index (χ0n) is 11.9. The number of benzene rings is 1. The fourth-order valence-electron chi connectivity index (χ4n) is 2.63. The van der Waals surface area contributed by atoms with Gasteiger partial charge in [0.15, 0.2) is 0 Å². The van der Waals surface area contributed by atoms with E-state index in [9.17, 15) is 4.39 Å². The summed E-state index contributed by atoms with van der Waals surface area (Å²) in [4.78, 5) is 2.44.